The van der Waals surface area contributed by atoms with Crippen LogP contribution >= 0.6 is 15.9 Å². The number of anilines is 1. The topological polar surface area (TPSA) is 122 Å². The van der Waals surface area contributed by atoms with Crippen molar-refractivity contribution in [2.45, 2.75) is 13.0 Å². The first-order valence-electron chi connectivity index (χ1n) is 5.21. The number of urea groups is 1. The average molecular weight is 330 g/mol. The minimum Gasteiger partial charge on any atom is -0.478 e. The summed E-state index contributed by atoms with van der Waals surface area (Å²) in [5.74, 6) is -1.75. The Morgan fingerprint density at radius 2 is 2.00 bits per heavy atom. The Morgan fingerprint density at radius 1 is 1.37 bits per heavy atom. The lowest BCUT2D eigenvalue weighted by atomic mass is 10.1. The van der Waals surface area contributed by atoms with E-state index in [1.807, 2.05) is 0 Å². The minimum atomic E-state index is -1.17. The number of rotatable bonds is 4. The second-order valence-electron chi connectivity index (χ2n) is 3.69. The van der Waals surface area contributed by atoms with E-state index in [0.717, 1.165) is 0 Å². The smallest absolute Gasteiger partial charge is 0.337 e. The summed E-state index contributed by atoms with van der Waals surface area (Å²) in [6, 6.07) is 2.76. The lowest BCUT2D eigenvalue weighted by Gasteiger charge is -2.15. The fraction of sp³-hybridized carbons (Fsp3) is 0.182. The molecule has 19 heavy (non-hydrogen) atoms. The summed E-state index contributed by atoms with van der Waals surface area (Å²) < 4.78 is 0.423. The molecule has 102 valence electrons. The van der Waals surface area contributed by atoms with Gasteiger partial charge in [0.2, 0.25) is 5.91 Å². The van der Waals surface area contributed by atoms with Gasteiger partial charge in [-0.1, -0.05) is 6.07 Å². The van der Waals surface area contributed by atoms with Crippen molar-refractivity contribution in [3.05, 3.63) is 28.2 Å². The highest BCUT2D eigenvalue weighted by Crippen LogP contribution is 2.26. The van der Waals surface area contributed by atoms with Gasteiger partial charge in [-0.3, -0.25) is 4.79 Å². The Bertz CT molecular complexity index is 533. The summed E-state index contributed by atoms with van der Waals surface area (Å²) in [6.07, 6.45) is 0. The number of carbonyl (C=O) groups excluding carboxylic acids is 2. The van der Waals surface area contributed by atoms with Gasteiger partial charge < -0.3 is 21.5 Å². The normalized spacial score (nSPS) is 11.5. The van der Waals surface area contributed by atoms with Gasteiger partial charge in [-0.2, -0.15) is 0 Å². The number of para-hydroxylation sites is 1. The molecular formula is C11H12BrN3O4. The van der Waals surface area contributed by atoms with E-state index in [1.54, 1.807) is 6.07 Å². The lowest BCUT2D eigenvalue weighted by Crippen LogP contribution is -2.44. The summed E-state index contributed by atoms with van der Waals surface area (Å²) in [7, 11) is 0. The van der Waals surface area contributed by atoms with Gasteiger partial charge in [0.1, 0.15) is 6.04 Å². The molecule has 0 aromatic heterocycles. The Balaban J connectivity index is 2.96. The number of carboxylic acids is 1. The zero-order valence-corrected chi connectivity index (χ0v) is 11.5. The van der Waals surface area contributed by atoms with Gasteiger partial charge in [-0.25, -0.2) is 9.59 Å². The molecule has 7 nitrogen and oxygen atoms in total. The Morgan fingerprint density at radius 3 is 2.53 bits per heavy atom. The first-order valence-corrected chi connectivity index (χ1v) is 6.01. The zero-order chi connectivity index (χ0) is 14.6. The number of amides is 3. The van der Waals surface area contributed by atoms with Crippen molar-refractivity contribution in [3.8, 4) is 0 Å². The number of halogens is 1. The molecule has 0 spiro atoms. The minimum absolute atomic E-state index is 0.0611. The molecule has 0 aliphatic heterocycles. The molecule has 1 atom stereocenters. The number of hydrogen-bond donors (Lipinski definition) is 4. The van der Waals surface area contributed by atoms with Crippen LogP contribution in [0.1, 0.15) is 17.3 Å². The zero-order valence-electron chi connectivity index (χ0n) is 9.94. The molecule has 1 unspecified atom stereocenters. The number of aromatic carboxylic acids is 1. The molecule has 0 heterocycles. The fourth-order valence-corrected chi connectivity index (χ4v) is 1.81. The van der Waals surface area contributed by atoms with E-state index in [9.17, 15) is 14.4 Å². The van der Waals surface area contributed by atoms with Crippen molar-refractivity contribution >= 4 is 39.5 Å². The van der Waals surface area contributed by atoms with Gasteiger partial charge in [-0.05, 0) is 35.0 Å². The Kier molecular flexibility index (Phi) is 4.87. The van der Waals surface area contributed by atoms with Crippen LogP contribution in [0.4, 0.5) is 10.5 Å². The molecule has 1 aromatic carbocycles. The van der Waals surface area contributed by atoms with Crippen LogP contribution in [0.15, 0.2) is 22.7 Å². The predicted octanol–water partition coefficient (Wildman–Crippen LogP) is 1.14. The predicted molar refractivity (Wildman–Crippen MR) is 71.9 cm³/mol. The standard InChI is InChI=1S/C11H12BrN3O4/c1-5(14-11(13)19)9(16)15-8-6(10(17)18)3-2-4-7(8)12/h2-5H,1H3,(H,15,16)(H,17,18)(H3,13,14,19). The van der Waals surface area contributed by atoms with E-state index in [1.165, 1.54) is 19.1 Å². The molecule has 1 aromatic rings. The third-order valence-corrected chi connectivity index (χ3v) is 2.91. The first kappa shape index (κ1) is 15.0. The van der Waals surface area contributed by atoms with Crippen molar-refractivity contribution in [3.63, 3.8) is 0 Å². The highest BCUT2D eigenvalue weighted by atomic mass is 79.9. The van der Waals surface area contributed by atoms with Crippen molar-refractivity contribution in [1.29, 1.82) is 0 Å². The maximum atomic E-state index is 11.8. The number of hydrogen-bond acceptors (Lipinski definition) is 3. The van der Waals surface area contributed by atoms with Crippen LogP contribution in [0.5, 0.6) is 0 Å². The van der Waals surface area contributed by atoms with E-state index in [0.29, 0.717) is 4.47 Å². The molecule has 5 N–H and O–H groups in total. The van der Waals surface area contributed by atoms with Crippen LogP contribution in [0.25, 0.3) is 0 Å². The van der Waals surface area contributed by atoms with Crippen molar-refractivity contribution in [2.75, 3.05) is 5.32 Å². The van der Waals surface area contributed by atoms with E-state index < -0.39 is 23.9 Å². The summed E-state index contributed by atoms with van der Waals surface area (Å²) in [4.78, 5) is 33.5. The van der Waals surface area contributed by atoms with Crippen LogP contribution in [0.3, 0.4) is 0 Å². The van der Waals surface area contributed by atoms with Crippen LogP contribution in [-0.2, 0) is 4.79 Å². The fourth-order valence-electron chi connectivity index (χ4n) is 1.34. The highest BCUT2D eigenvalue weighted by Gasteiger charge is 2.19. The molecule has 0 fully saturated rings. The number of benzene rings is 1. The molecular weight excluding hydrogens is 318 g/mol. The summed E-state index contributed by atoms with van der Waals surface area (Å²) >= 11 is 3.15. The molecule has 3 amide bonds. The molecule has 1 rings (SSSR count). The first-order chi connectivity index (χ1) is 8.82. The summed E-state index contributed by atoms with van der Waals surface area (Å²) in [5, 5.41) is 13.6. The number of carboxylic acid groups (broad SMARTS) is 1. The second kappa shape index (κ2) is 6.19. The van der Waals surface area contributed by atoms with Gasteiger partial charge in [0.15, 0.2) is 0 Å². The van der Waals surface area contributed by atoms with E-state index in [4.69, 9.17) is 10.8 Å². The highest BCUT2D eigenvalue weighted by molar-refractivity contribution is 9.10. The van der Waals surface area contributed by atoms with Crippen molar-refractivity contribution in [1.82, 2.24) is 5.32 Å². The average Bonchev–Trinajstić information content (AvgIpc) is 2.30. The van der Waals surface area contributed by atoms with Crippen LogP contribution in [0, 0.1) is 0 Å². The quantitative estimate of drug-likeness (QED) is 0.661. The van der Waals surface area contributed by atoms with Crippen LogP contribution in [-0.4, -0.2) is 29.1 Å². The van der Waals surface area contributed by atoms with E-state index in [2.05, 4.69) is 26.6 Å². The Labute approximate surface area is 117 Å². The molecule has 8 heteroatoms. The van der Waals surface area contributed by atoms with E-state index in [-0.39, 0.29) is 11.3 Å². The molecule has 0 radical (unpaired) electrons. The number of nitrogens with one attached hydrogen (secondary N) is 2. The van der Waals surface area contributed by atoms with Gasteiger partial charge in [0.25, 0.3) is 0 Å². The van der Waals surface area contributed by atoms with Gasteiger partial charge in [0.05, 0.1) is 11.3 Å². The second-order valence-corrected chi connectivity index (χ2v) is 4.54. The van der Waals surface area contributed by atoms with Crippen molar-refractivity contribution < 1.29 is 19.5 Å². The lowest BCUT2D eigenvalue weighted by molar-refractivity contribution is -0.117. The molecule has 0 aliphatic carbocycles. The van der Waals surface area contributed by atoms with Crippen molar-refractivity contribution in [2.24, 2.45) is 5.73 Å². The molecule has 0 bridgehead atoms. The Hall–Kier alpha value is -2.09. The van der Waals surface area contributed by atoms with Crippen LogP contribution in [0.2, 0.25) is 0 Å². The third kappa shape index (κ3) is 3.95. The molecule has 0 aliphatic rings. The van der Waals surface area contributed by atoms with Gasteiger partial charge >= 0.3 is 12.0 Å². The van der Waals surface area contributed by atoms with Gasteiger partial charge in [-0.15, -0.1) is 0 Å². The van der Waals surface area contributed by atoms with E-state index >= 15 is 0 Å². The van der Waals surface area contributed by atoms with Gasteiger partial charge in [0, 0.05) is 4.47 Å². The summed E-state index contributed by atoms with van der Waals surface area (Å²) in [6.45, 7) is 1.43. The monoisotopic (exact) mass is 329 g/mol. The maximum Gasteiger partial charge on any atom is 0.337 e. The largest absolute Gasteiger partial charge is 0.478 e. The third-order valence-electron chi connectivity index (χ3n) is 2.24. The number of carbonyl (C=O) groups is 3. The molecule has 0 saturated heterocycles. The number of primary amides is 1. The van der Waals surface area contributed by atoms with Crippen LogP contribution < -0.4 is 16.4 Å². The summed E-state index contributed by atoms with van der Waals surface area (Å²) in [5.41, 5.74) is 4.96. The maximum absolute atomic E-state index is 11.8. The molecule has 0 saturated carbocycles. The number of nitrogens with two attached hydrogens (primary N) is 1. The SMILES string of the molecule is CC(NC(N)=O)C(=O)Nc1c(Br)cccc1C(=O)O.